The Kier molecular flexibility index (Phi) is 4.88. The number of nitrogens with zero attached hydrogens (tertiary/aromatic N) is 1. The van der Waals surface area contributed by atoms with Gasteiger partial charge in [-0.2, -0.15) is 0 Å². The fourth-order valence-corrected chi connectivity index (χ4v) is 1.63. The first-order chi connectivity index (χ1) is 8.74. The van der Waals surface area contributed by atoms with Gasteiger partial charge in [0.05, 0.1) is 16.9 Å². The first-order valence-electron chi connectivity index (χ1n) is 5.54. The van der Waals surface area contributed by atoms with Crippen LogP contribution in [-0.2, 0) is 4.79 Å². The molecule has 104 valence electrons. The van der Waals surface area contributed by atoms with E-state index in [0.29, 0.717) is 4.47 Å². The molecule has 1 aromatic carbocycles. The minimum absolute atomic E-state index is 0.0990. The Bertz CT molecular complexity index is 501. The van der Waals surface area contributed by atoms with Crippen LogP contribution in [0.15, 0.2) is 22.7 Å². The highest BCUT2D eigenvalue weighted by Gasteiger charge is 2.27. The topological polar surface area (TPSA) is 89.7 Å². The van der Waals surface area contributed by atoms with Crippen LogP contribution in [0.25, 0.3) is 0 Å². The second-order valence-corrected chi connectivity index (χ2v) is 5.57. The lowest BCUT2D eigenvalue weighted by Crippen LogP contribution is -2.25. The molecule has 0 amide bonds. The van der Waals surface area contributed by atoms with Gasteiger partial charge >= 0.3 is 11.7 Å². The Hall–Kier alpha value is -1.63. The number of nitro benzene ring substituents is 1. The number of ether oxygens (including phenoxy) is 1. The molecule has 0 saturated heterocycles. The second kappa shape index (κ2) is 6.01. The number of rotatable bonds is 6. The molecule has 1 N–H and O–H groups in total. The van der Waals surface area contributed by atoms with Gasteiger partial charge in [0.2, 0.25) is 0 Å². The lowest BCUT2D eigenvalue weighted by molar-refractivity contribution is -0.386. The molecule has 6 nitrogen and oxygen atoms in total. The Morgan fingerprint density at radius 2 is 2.16 bits per heavy atom. The number of carbonyl (C=O) groups is 1. The predicted molar refractivity (Wildman–Crippen MR) is 72.3 cm³/mol. The number of hydrogen-bond acceptors (Lipinski definition) is 4. The summed E-state index contributed by atoms with van der Waals surface area (Å²) in [6, 6.07) is 4.46. The van der Waals surface area contributed by atoms with Crippen LogP contribution in [0.3, 0.4) is 0 Å². The van der Waals surface area contributed by atoms with Crippen molar-refractivity contribution in [2.45, 2.75) is 20.3 Å². The van der Waals surface area contributed by atoms with Gasteiger partial charge in [-0.1, -0.05) is 15.9 Å². The minimum atomic E-state index is -0.929. The Morgan fingerprint density at radius 3 is 2.68 bits per heavy atom. The van der Waals surface area contributed by atoms with Crippen molar-refractivity contribution in [2.24, 2.45) is 5.41 Å². The van der Waals surface area contributed by atoms with Crippen LogP contribution in [0.4, 0.5) is 5.69 Å². The van der Waals surface area contributed by atoms with E-state index in [9.17, 15) is 14.9 Å². The fourth-order valence-electron chi connectivity index (χ4n) is 1.28. The number of halogens is 1. The van der Waals surface area contributed by atoms with Gasteiger partial charge in [0.1, 0.15) is 0 Å². The van der Waals surface area contributed by atoms with E-state index in [2.05, 4.69) is 15.9 Å². The van der Waals surface area contributed by atoms with E-state index >= 15 is 0 Å². The molecule has 1 aromatic rings. The van der Waals surface area contributed by atoms with Crippen molar-refractivity contribution in [1.29, 1.82) is 0 Å². The van der Waals surface area contributed by atoms with Gasteiger partial charge < -0.3 is 9.84 Å². The number of benzene rings is 1. The zero-order valence-corrected chi connectivity index (χ0v) is 12.1. The quantitative estimate of drug-likeness (QED) is 0.638. The third-order valence-corrected chi connectivity index (χ3v) is 3.17. The number of carboxylic acids is 1. The molecule has 7 heteroatoms. The van der Waals surface area contributed by atoms with Crippen LogP contribution in [0.2, 0.25) is 0 Å². The molecule has 0 aliphatic heterocycles. The number of nitro groups is 1. The maximum Gasteiger partial charge on any atom is 0.312 e. The first-order valence-corrected chi connectivity index (χ1v) is 6.33. The molecule has 0 fully saturated rings. The van der Waals surface area contributed by atoms with Crippen molar-refractivity contribution in [1.82, 2.24) is 0 Å². The van der Waals surface area contributed by atoms with Crippen molar-refractivity contribution in [3.63, 3.8) is 0 Å². The molecule has 1 rings (SSSR count). The molecule has 0 unspecified atom stereocenters. The third-order valence-electron chi connectivity index (χ3n) is 2.68. The SMILES string of the molecule is CC(C)(CCOc1ccc(Br)cc1[N+](=O)[O-])C(=O)O. The molecule has 0 bridgehead atoms. The lowest BCUT2D eigenvalue weighted by atomic mass is 9.90. The van der Waals surface area contributed by atoms with Gasteiger partial charge in [-0.05, 0) is 32.4 Å². The maximum absolute atomic E-state index is 10.9. The highest BCUT2D eigenvalue weighted by Crippen LogP contribution is 2.31. The lowest BCUT2D eigenvalue weighted by Gasteiger charge is -2.18. The van der Waals surface area contributed by atoms with Gasteiger partial charge in [0.25, 0.3) is 0 Å². The van der Waals surface area contributed by atoms with Crippen LogP contribution in [0.1, 0.15) is 20.3 Å². The van der Waals surface area contributed by atoms with E-state index in [-0.39, 0.29) is 24.5 Å². The van der Waals surface area contributed by atoms with Crippen LogP contribution >= 0.6 is 15.9 Å². The van der Waals surface area contributed by atoms with Crippen LogP contribution in [0.5, 0.6) is 5.75 Å². The minimum Gasteiger partial charge on any atom is -0.487 e. The Balaban J connectivity index is 2.74. The first kappa shape index (κ1) is 15.4. The number of hydrogen-bond donors (Lipinski definition) is 1. The van der Waals surface area contributed by atoms with Crippen molar-refractivity contribution in [2.75, 3.05) is 6.61 Å². The van der Waals surface area contributed by atoms with E-state index in [1.54, 1.807) is 19.9 Å². The third kappa shape index (κ3) is 4.20. The van der Waals surface area contributed by atoms with Crippen molar-refractivity contribution < 1.29 is 19.6 Å². The molecular formula is C12H14BrNO5. The molecular weight excluding hydrogens is 318 g/mol. The van der Waals surface area contributed by atoms with Crippen molar-refractivity contribution in [3.05, 3.63) is 32.8 Å². The van der Waals surface area contributed by atoms with Crippen LogP contribution in [0, 0.1) is 15.5 Å². The standard InChI is InChI=1S/C12H14BrNO5/c1-12(2,11(15)16)5-6-19-10-4-3-8(13)7-9(10)14(17)18/h3-4,7H,5-6H2,1-2H3,(H,15,16). The van der Waals surface area contributed by atoms with Gasteiger partial charge in [0, 0.05) is 10.5 Å². The number of carboxylic acid groups (broad SMARTS) is 1. The molecule has 0 spiro atoms. The molecule has 0 saturated carbocycles. The average molecular weight is 332 g/mol. The maximum atomic E-state index is 10.9. The normalized spacial score (nSPS) is 11.1. The van der Waals surface area contributed by atoms with Crippen molar-refractivity contribution >= 4 is 27.6 Å². The van der Waals surface area contributed by atoms with Gasteiger partial charge in [-0.15, -0.1) is 0 Å². The summed E-state index contributed by atoms with van der Waals surface area (Å²) < 4.78 is 5.89. The molecule has 0 radical (unpaired) electrons. The Morgan fingerprint density at radius 1 is 1.53 bits per heavy atom. The van der Waals surface area contributed by atoms with Crippen molar-refractivity contribution in [3.8, 4) is 5.75 Å². The summed E-state index contributed by atoms with van der Waals surface area (Å²) in [6.07, 6.45) is 0.259. The summed E-state index contributed by atoms with van der Waals surface area (Å²) in [7, 11) is 0. The summed E-state index contributed by atoms with van der Waals surface area (Å²) in [4.78, 5) is 21.2. The average Bonchev–Trinajstić information content (AvgIpc) is 2.30. The molecule has 0 heterocycles. The summed E-state index contributed by atoms with van der Waals surface area (Å²) in [5.74, 6) is -0.796. The van der Waals surface area contributed by atoms with Gasteiger partial charge in [-0.25, -0.2) is 0 Å². The zero-order chi connectivity index (χ0) is 14.6. The summed E-state index contributed by atoms with van der Waals surface area (Å²) >= 11 is 3.15. The summed E-state index contributed by atoms with van der Waals surface area (Å²) in [6.45, 7) is 3.26. The van der Waals surface area contributed by atoms with E-state index in [1.807, 2.05) is 0 Å². The molecule has 0 aliphatic carbocycles. The molecule has 0 atom stereocenters. The van der Waals surface area contributed by atoms with Gasteiger partial charge in [-0.3, -0.25) is 14.9 Å². The summed E-state index contributed by atoms with van der Waals surface area (Å²) in [5.41, 5.74) is -1.08. The summed E-state index contributed by atoms with van der Waals surface area (Å²) in [5, 5.41) is 19.8. The van der Waals surface area contributed by atoms with E-state index in [0.717, 1.165) is 0 Å². The van der Waals surface area contributed by atoms with E-state index in [1.165, 1.54) is 12.1 Å². The monoisotopic (exact) mass is 331 g/mol. The fraction of sp³-hybridized carbons (Fsp3) is 0.417. The second-order valence-electron chi connectivity index (χ2n) is 4.66. The largest absolute Gasteiger partial charge is 0.487 e. The molecule has 19 heavy (non-hydrogen) atoms. The highest BCUT2D eigenvalue weighted by atomic mass is 79.9. The van der Waals surface area contributed by atoms with Crippen LogP contribution < -0.4 is 4.74 Å². The highest BCUT2D eigenvalue weighted by molar-refractivity contribution is 9.10. The molecule has 0 aromatic heterocycles. The van der Waals surface area contributed by atoms with E-state index < -0.39 is 16.3 Å². The number of aliphatic carboxylic acids is 1. The smallest absolute Gasteiger partial charge is 0.312 e. The predicted octanol–water partition coefficient (Wildman–Crippen LogP) is 3.24. The van der Waals surface area contributed by atoms with Gasteiger partial charge in [0.15, 0.2) is 5.75 Å². The Labute approximate surface area is 118 Å². The van der Waals surface area contributed by atoms with Crippen LogP contribution in [-0.4, -0.2) is 22.6 Å². The molecule has 0 aliphatic rings. The van der Waals surface area contributed by atoms with E-state index in [4.69, 9.17) is 9.84 Å². The zero-order valence-electron chi connectivity index (χ0n) is 10.6.